The summed E-state index contributed by atoms with van der Waals surface area (Å²) in [6.45, 7) is 0.714. The molecule has 72 valence electrons. The molecule has 0 saturated carbocycles. The van der Waals surface area contributed by atoms with Crippen LogP contribution in [0.25, 0.3) is 0 Å². The van der Waals surface area contributed by atoms with Gasteiger partial charge in [-0.1, -0.05) is 18.2 Å². The fourth-order valence-corrected chi connectivity index (χ4v) is 1.63. The van der Waals surface area contributed by atoms with Crippen molar-refractivity contribution in [1.82, 2.24) is 0 Å². The van der Waals surface area contributed by atoms with Crippen LogP contribution >= 0.6 is 0 Å². The number of anilines is 1. The summed E-state index contributed by atoms with van der Waals surface area (Å²) in [7, 11) is 0. The van der Waals surface area contributed by atoms with Crippen molar-refractivity contribution in [3.63, 3.8) is 0 Å². The van der Waals surface area contributed by atoms with Crippen molar-refractivity contribution in [3.05, 3.63) is 30.3 Å². The largest absolute Gasteiger partial charge is 0.357 e. The molecular formula is C11H11NO2. The molecule has 1 saturated heterocycles. The van der Waals surface area contributed by atoms with E-state index in [1.807, 2.05) is 35.2 Å². The molecule has 3 nitrogen and oxygen atoms in total. The van der Waals surface area contributed by atoms with Gasteiger partial charge in [0.2, 0.25) is 0 Å². The number of carbonyl (C=O) groups excluding carboxylic acids is 2. The lowest BCUT2D eigenvalue weighted by molar-refractivity contribution is -0.127. The SMILES string of the molecule is O=C1CC(=O)CN(c2ccccc2)C1. The van der Waals surface area contributed by atoms with E-state index in [1.165, 1.54) is 0 Å². The lowest BCUT2D eigenvalue weighted by Gasteiger charge is -2.26. The Balaban J connectivity index is 2.19. The molecule has 0 amide bonds. The Morgan fingerprint density at radius 1 is 0.929 bits per heavy atom. The zero-order chi connectivity index (χ0) is 9.97. The van der Waals surface area contributed by atoms with Gasteiger partial charge in [-0.05, 0) is 12.1 Å². The molecule has 0 aliphatic carbocycles. The highest BCUT2D eigenvalue weighted by atomic mass is 16.2. The molecule has 1 aromatic carbocycles. The number of nitrogens with zero attached hydrogens (tertiary/aromatic N) is 1. The third-order valence-corrected chi connectivity index (χ3v) is 2.25. The Hall–Kier alpha value is -1.64. The number of Topliss-reactive ketones (excluding diaryl/α,β-unsaturated/α-hetero) is 2. The first kappa shape index (κ1) is 8.94. The lowest BCUT2D eigenvalue weighted by atomic mass is 10.1. The van der Waals surface area contributed by atoms with Crippen LogP contribution in [-0.4, -0.2) is 24.7 Å². The number of para-hydroxylation sites is 1. The Kier molecular flexibility index (Phi) is 2.31. The van der Waals surface area contributed by atoms with Crippen LogP contribution in [0.4, 0.5) is 5.69 Å². The van der Waals surface area contributed by atoms with Gasteiger partial charge >= 0.3 is 0 Å². The second kappa shape index (κ2) is 3.62. The number of carbonyl (C=O) groups is 2. The summed E-state index contributed by atoms with van der Waals surface area (Å²) in [5.41, 5.74) is 0.939. The maximum Gasteiger partial charge on any atom is 0.159 e. The summed E-state index contributed by atoms with van der Waals surface area (Å²) in [5.74, 6) is 0.00945. The summed E-state index contributed by atoms with van der Waals surface area (Å²) < 4.78 is 0. The van der Waals surface area contributed by atoms with Gasteiger partial charge < -0.3 is 4.90 Å². The maximum atomic E-state index is 11.2. The monoisotopic (exact) mass is 189 g/mol. The van der Waals surface area contributed by atoms with E-state index in [4.69, 9.17) is 0 Å². The standard InChI is InChI=1S/C11H11NO2/c13-10-6-11(14)8-12(7-10)9-4-2-1-3-5-9/h1-5H,6-8H2. The molecule has 0 atom stereocenters. The van der Waals surface area contributed by atoms with Crippen LogP contribution in [0.2, 0.25) is 0 Å². The van der Waals surface area contributed by atoms with Crippen LogP contribution in [0.5, 0.6) is 0 Å². The first-order valence-corrected chi connectivity index (χ1v) is 4.59. The second-order valence-electron chi connectivity index (χ2n) is 3.45. The molecule has 1 aromatic rings. The van der Waals surface area contributed by atoms with Crippen LogP contribution in [0.3, 0.4) is 0 Å². The van der Waals surface area contributed by atoms with E-state index < -0.39 is 0 Å². The molecule has 1 heterocycles. The lowest BCUT2D eigenvalue weighted by Crippen LogP contribution is -2.41. The van der Waals surface area contributed by atoms with Crippen LogP contribution in [0.15, 0.2) is 30.3 Å². The fourth-order valence-electron chi connectivity index (χ4n) is 1.63. The maximum absolute atomic E-state index is 11.2. The van der Waals surface area contributed by atoms with Gasteiger partial charge in [0, 0.05) is 5.69 Å². The highest BCUT2D eigenvalue weighted by Gasteiger charge is 2.22. The minimum atomic E-state index is 0.00473. The number of hydrogen-bond acceptors (Lipinski definition) is 3. The van der Waals surface area contributed by atoms with E-state index in [1.54, 1.807) is 0 Å². The summed E-state index contributed by atoms with van der Waals surface area (Å²) in [6, 6.07) is 9.53. The molecule has 0 N–H and O–H groups in total. The van der Waals surface area contributed by atoms with Gasteiger partial charge in [-0.3, -0.25) is 9.59 Å². The minimum Gasteiger partial charge on any atom is -0.357 e. The van der Waals surface area contributed by atoms with Crippen molar-refractivity contribution in [1.29, 1.82) is 0 Å². The first-order valence-electron chi connectivity index (χ1n) is 4.59. The smallest absolute Gasteiger partial charge is 0.159 e. The van der Waals surface area contributed by atoms with Crippen molar-refractivity contribution in [2.45, 2.75) is 6.42 Å². The quantitative estimate of drug-likeness (QED) is 0.619. The van der Waals surface area contributed by atoms with Crippen LogP contribution in [0.1, 0.15) is 6.42 Å². The van der Waals surface area contributed by atoms with Gasteiger partial charge in [-0.25, -0.2) is 0 Å². The molecule has 0 aromatic heterocycles. The van der Waals surface area contributed by atoms with Crippen molar-refractivity contribution >= 4 is 17.3 Å². The molecule has 2 rings (SSSR count). The summed E-state index contributed by atoms with van der Waals surface area (Å²) in [6.07, 6.45) is 0.101. The summed E-state index contributed by atoms with van der Waals surface area (Å²) >= 11 is 0. The molecule has 0 unspecified atom stereocenters. The number of benzene rings is 1. The Morgan fingerprint density at radius 3 is 2.07 bits per heavy atom. The van der Waals surface area contributed by atoms with Crippen molar-refractivity contribution < 1.29 is 9.59 Å². The number of rotatable bonds is 1. The topological polar surface area (TPSA) is 37.4 Å². The van der Waals surface area contributed by atoms with Gasteiger partial charge in [0.1, 0.15) is 0 Å². The number of hydrogen-bond donors (Lipinski definition) is 0. The van der Waals surface area contributed by atoms with Crippen molar-refractivity contribution in [3.8, 4) is 0 Å². The zero-order valence-corrected chi connectivity index (χ0v) is 7.77. The number of piperidine rings is 1. The van der Waals surface area contributed by atoms with Gasteiger partial charge in [0.05, 0.1) is 19.5 Å². The van der Waals surface area contributed by atoms with Gasteiger partial charge in [-0.15, -0.1) is 0 Å². The Labute approximate surface area is 82.3 Å². The second-order valence-corrected chi connectivity index (χ2v) is 3.45. The fraction of sp³-hybridized carbons (Fsp3) is 0.273. The van der Waals surface area contributed by atoms with Crippen LogP contribution in [-0.2, 0) is 9.59 Å². The zero-order valence-electron chi connectivity index (χ0n) is 7.77. The molecule has 1 aliphatic heterocycles. The summed E-state index contributed by atoms with van der Waals surface area (Å²) in [4.78, 5) is 24.2. The van der Waals surface area contributed by atoms with Crippen molar-refractivity contribution in [2.24, 2.45) is 0 Å². The van der Waals surface area contributed by atoms with E-state index in [0.717, 1.165) is 5.69 Å². The highest BCUT2D eigenvalue weighted by molar-refractivity contribution is 6.06. The third-order valence-electron chi connectivity index (χ3n) is 2.25. The molecule has 0 spiro atoms. The Morgan fingerprint density at radius 2 is 1.50 bits per heavy atom. The van der Waals surface area contributed by atoms with Crippen LogP contribution < -0.4 is 4.90 Å². The molecule has 0 bridgehead atoms. The predicted molar refractivity (Wildman–Crippen MR) is 53.3 cm³/mol. The molecule has 14 heavy (non-hydrogen) atoms. The van der Waals surface area contributed by atoms with Crippen LogP contribution in [0, 0.1) is 0 Å². The molecule has 1 aliphatic rings. The van der Waals surface area contributed by atoms with Crippen molar-refractivity contribution in [2.75, 3.05) is 18.0 Å². The van der Waals surface area contributed by atoms with Gasteiger partial charge in [0.25, 0.3) is 0 Å². The van der Waals surface area contributed by atoms with E-state index in [2.05, 4.69) is 0 Å². The Bertz CT molecular complexity index is 343. The molecule has 3 heteroatoms. The van der Waals surface area contributed by atoms with E-state index >= 15 is 0 Å². The molecular weight excluding hydrogens is 178 g/mol. The number of ketones is 2. The highest BCUT2D eigenvalue weighted by Crippen LogP contribution is 2.15. The van der Waals surface area contributed by atoms with E-state index in [-0.39, 0.29) is 18.0 Å². The predicted octanol–water partition coefficient (Wildman–Crippen LogP) is 1.03. The van der Waals surface area contributed by atoms with E-state index in [0.29, 0.717) is 13.1 Å². The van der Waals surface area contributed by atoms with Gasteiger partial charge in [-0.2, -0.15) is 0 Å². The average molecular weight is 189 g/mol. The average Bonchev–Trinajstić information content (AvgIpc) is 2.18. The molecule has 0 radical (unpaired) electrons. The normalized spacial score (nSPS) is 17.3. The third kappa shape index (κ3) is 1.82. The molecule has 1 fully saturated rings. The summed E-state index contributed by atoms with van der Waals surface area (Å²) in [5, 5.41) is 0. The first-order chi connectivity index (χ1) is 6.75. The van der Waals surface area contributed by atoms with Gasteiger partial charge in [0.15, 0.2) is 11.6 Å². The van der Waals surface area contributed by atoms with E-state index in [9.17, 15) is 9.59 Å². The minimum absolute atomic E-state index is 0.00473.